The number of rotatable bonds is 5. The van der Waals surface area contributed by atoms with Crippen molar-refractivity contribution in [1.29, 1.82) is 0 Å². The highest BCUT2D eigenvalue weighted by molar-refractivity contribution is 9.11. The Hall–Kier alpha value is -1.80. The van der Waals surface area contributed by atoms with E-state index in [9.17, 15) is 9.59 Å². The van der Waals surface area contributed by atoms with Crippen LogP contribution in [-0.4, -0.2) is 17.1 Å². The molecule has 2 heterocycles. The topological polar surface area (TPSA) is 91.6 Å². The normalized spacial score (nSPS) is 10.2. The molecule has 0 saturated heterocycles. The van der Waals surface area contributed by atoms with Gasteiger partial charge >= 0.3 is 12.0 Å². The first kappa shape index (κ1) is 14.6. The van der Waals surface area contributed by atoms with Crippen LogP contribution in [0.3, 0.4) is 0 Å². The number of carbonyl (C=O) groups excluding carboxylic acids is 1. The van der Waals surface area contributed by atoms with Crippen molar-refractivity contribution < 1.29 is 19.1 Å². The van der Waals surface area contributed by atoms with E-state index in [1.54, 1.807) is 11.3 Å². The molecule has 106 valence electrons. The van der Waals surface area contributed by atoms with Gasteiger partial charge in [0.15, 0.2) is 0 Å². The fourth-order valence-corrected chi connectivity index (χ4v) is 2.85. The first-order chi connectivity index (χ1) is 9.54. The second-order valence-electron chi connectivity index (χ2n) is 3.81. The molecule has 2 rings (SSSR count). The predicted molar refractivity (Wildman–Crippen MR) is 76.8 cm³/mol. The van der Waals surface area contributed by atoms with Gasteiger partial charge in [-0.3, -0.25) is 0 Å². The predicted octanol–water partition coefficient (Wildman–Crippen LogP) is 2.80. The number of hydrogen-bond donors (Lipinski definition) is 3. The fraction of sp³-hybridized carbons (Fsp3) is 0.167. The third-order valence-electron chi connectivity index (χ3n) is 2.35. The molecule has 0 radical (unpaired) electrons. The fourth-order valence-electron chi connectivity index (χ4n) is 1.43. The molecule has 2 aromatic rings. The van der Waals surface area contributed by atoms with Crippen LogP contribution >= 0.6 is 27.3 Å². The van der Waals surface area contributed by atoms with Crippen LogP contribution in [0, 0.1) is 0 Å². The Morgan fingerprint density at radius 2 is 1.95 bits per heavy atom. The molecule has 0 saturated carbocycles. The first-order valence-electron chi connectivity index (χ1n) is 5.62. The van der Waals surface area contributed by atoms with E-state index in [0.717, 1.165) is 8.66 Å². The van der Waals surface area contributed by atoms with Crippen LogP contribution in [0.15, 0.2) is 32.5 Å². The molecule has 0 unspecified atom stereocenters. The van der Waals surface area contributed by atoms with Gasteiger partial charge in [-0.05, 0) is 40.2 Å². The molecule has 2 amide bonds. The summed E-state index contributed by atoms with van der Waals surface area (Å²) in [5.41, 5.74) is 0. The van der Waals surface area contributed by atoms with E-state index < -0.39 is 5.97 Å². The Labute approximate surface area is 126 Å². The summed E-state index contributed by atoms with van der Waals surface area (Å²) in [7, 11) is 0. The summed E-state index contributed by atoms with van der Waals surface area (Å²) < 4.78 is 6.02. The average Bonchev–Trinajstić information content (AvgIpc) is 3.03. The van der Waals surface area contributed by atoms with Gasteiger partial charge in [0.05, 0.1) is 16.9 Å². The highest BCUT2D eigenvalue weighted by Gasteiger charge is 2.09. The highest BCUT2D eigenvalue weighted by Crippen LogP contribution is 2.21. The van der Waals surface area contributed by atoms with Crippen molar-refractivity contribution in [2.75, 3.05) is 0 Å². The van der Waals surface area contributed by atoms with E-state index in [-0.39, 0.29) is 18.3 Å². The maximum absolute atomic E-state index is 11.5. The summed E-state index contributed by atoms with van der Waals surface area (Å²) in [6, 6.07) is 6.35. The van der Waals surface area contributed by atoms with E-state index in [1.165, 1.54) is 12.1 Å². The van der Waals surface area contributed by atoms with Gasteiger partial charge in [0.1, 0.15) is 5.76 Å². The Balaban J connectivity index is 1.75. The SMILES string of the molecule is O=C(NCc1ccc(C(=O)O)o1)NCc1ccc(Br)s1. The van der Waals surface area contributed by atoms with Gasteiger partial charge in [-0.1, -0.05) is 0 Å². The van der Waals surface area contributed by atoms with Gasteiger partial charge in [-0.25, -0.2) is 9.59 Å². The molecule has 8 heteroatoms. The number of urea groups is 1. The number of carbonyl (C=O) groups is 2. The lowest BCUT2D eigenvalue weighted by Gasteiger charge is -2.04. The Morgan fingerprint density at radius 1 is 1.20 bits per heavy atom. The minimum Gasteiger partial charge on any atom is -0.475 e. The summed E-state index contributed by atoms with van der Waals surface area (Å²) in [5, 5.41) is 14.0. The van der Waals surface area contributed by atoms with Gasteiger partial charge in [-0.15, -0.1) is 11.3 Å². The summed E-state index contributed by atoms with van der Waals surface area (Å²) in [6.45, 7) is 0.563. The van der Waals surface area contributed by atoms with Crippen molar-refractivity contribution >= 4 is 39.3 Å². The zero-order valence-corrected chi connectivity index (χ0v) is 12.6. The summed E-state index contributed by atoms with van der Waals surface area (Å²) >= 11 is 4.89. The molecular weight excluding hydrogens is 348 g/mol. The van der Waals surface area contributed by atoms with Crippen LogP contribution in [0.4, 0.5) is 4.79 Å². The van der Waals surface area contributed by atoms with Crippen molar-refractivity contribution in [2.24, 2.45) is 0 Å². The Bertz CT molecular complexity index is 623. The van der Waals surface area contributed by atoms with Gasteiger partial charge in [0.25, 0.3) is 0 Å². The average molecular weight is 359 g/mol. The van der Waals surface area contributed by atoms with Crippen LogP contribution in [-0.2, 0) is 13.1 Å². The molecule has 0 bridgehead atoms. The quantitative estimate of drug-likeness (QED) is 0.766. The van der Waals surface area contributed by atoms with Crippen molar-refractivity contribution in [3.05, 3.63) is 44.4 Å². The molecule has 0 aliphatic heterocycles. The molecule has 0 aromatic carbocycles. The lowest BCUT2D eigenvalue weighted by molar-refractivity contribution is 0.0660. The highest BCUT2D eigenvalue weighted by atomic mass is 79.9. The number of hydrogen-bond acceptors (Lipinski definition) is 4. The number of furan rings is 1. The molecule has 0 aliphatic carbocycles. The maximum Gasteiger partial charge on any atom is 0.371 e. The molecule has 6 nitrogen and oxygen atoms in total. The second kappa shape index (κ2) is 6.58. The molecule has 0 aliphatic rings. The van der Waals surface area contributed by atoms with Crippen molar-refractivity contribution in [1.82, 2.24) is 10.6 Å². The summed E-state index contributed by atoms with van der Waals surface area (Å²) in [5.74, 6) is -0.897. The molecule has 3 N–H and O–H groups in total. The molecule has 0 spiro atoms. The van der Waals surface area contributed by atoms with Crippen molar-refractivity contribution in [3.8, 4) is 0 Å². The number of carboxylic acids is 1. The van der Waals surface area contributed by atoms with Gasteiger partial charge in [0.2, 0.25) is 5.76 Å². The number of aromatic carboxylic acids is 1. The minimum absolute atomic E-state index is 0.132. The van der Waals surface area contributed by atoms with E-state index >= 15 is 0 Å². The molecule has 2 aromatic heterocycles. The smallest absolute Gasteiger partial charge is 0.371 e. The maximum atomic E-state index is 11.5. The molecule has 20 heavy (non-hydrogen) atoms. The van der Waals surface area contributed by atoms with E-state index in [0.29, 0.717) is 12.3 Å². The van der Waals surface area contributed by atoms with Crippen molar-refractivity contribution in [2.45, 2.75) is 13.1 Å². The Morgan fingerprint density at radius 3 is 2.55 bits per heavy atom. The van der Waals surface area contributed by atoms with E-state index in [4.69, 9.17) is 9.52 Å². The number of nitrogens with one attached hydrogen (secondary N) is 2. The molecular formula is C12H11BrN2O4S. The number of thiophene rings is 1. The van der Waals surface area contributed by atoms with Crippen LogP contribution in [0.5, 0.6) is 0 Å². The van der Waals surface area contributed by atoms with Crippen LogP contribution in [0.25, 0.3) is 0 Å². The largest absolute Gasteiger partial charge is 0.475 e. The van der Waals surface area contributed by atoms with E-state index in [2.05, 4.69) is 26.6 Å². The summed E-state index contributed by atoms with van der Waals surface area (Å²) in [6.07, 6.45) is 0. The molecule has 0 fully saturated rings. The third-order valence-corrected chi connectivity index (χ3v) is 3.97. The monoisotopic (exact) mass is 358 g/mol. The number of carboxylic acid groups (broad SMARTS) is 1. The van der Waals surface area contributed by atoms with Crippen LogP contribution in [0.1, 0.15) is 21.2 Å². The number of halogens is 1. The molecule has 0 atom stereocenters. The van der Waals surface area contributed by atoms with Gasteiger partial charge in [-0.2, -0.15) is 0 Å². The summed E-state index contributed by atoms with van der Waals surface area (Å²) in [4.78, 5) is 23.2. The van der Waals surface area contributed by atoms with Crippen LogP contribution in [0.2, 0.25) is 0 Å². The lowest BCUT2D eigenvalue weighted by Crippen LogP contribution is -2.34. The Kier molecular flexibility index (Phi) is 4.80. The third kappa shape index (κ3) is 4.10. The zero-order valence-electron chi connectivity index (χ0n) is 10.2. The van der Waals surface area contributed by atoms with Gasteiger partial charge < -0.3 is 20.2 Å². The standard InChI is InChI=1S/C12H11BrN2O4S/c13-10-4-2-8(20-10)6-15-12(18)14-5-7-1-3-9(19-7)11(16)17/h1-4H,5-6H2,(H,16,17)(H2,14,15,18). The van der Waals surface area contributed by atoms with Gasteiger partial charge in [0, 0.05) is 4.88 Å². The second-order valence-corrected chi connectivity index (χ2v) is 6.36. The lowest BCUT2D eigenvalue weighted by atomic mass is 10.4. The minimum atomic E-state index is -1.14. The van der Waals surface area contributed by atoms with Crippen LogP contribution < -0.4 is 10.6 Å². The van der Waals surface area contributed by atoms with E-state index in [1.807, 2.05) is 12.1 Å². The zero-order chi connectivity index (χ0) is 14.5. The first-order valence-corrected chi connectivity index (χ1v) is 7.23. The van der Waals surface area contributed by atoms with Crippen molar-refractivity contribution in [3.63, 3.8) is 0 Å². The number of amides is 2.